The fraction of sp³-hybridized carbons (Fsp3) is 0.190. The maximum atomic E-state index is 12.5. The van der Waals surface area contributed by atoms with Crippen LogP contribution in [-0.4, -0.2) is 29.8 Å². The van der Waals surface area contributed by atoms with Crippen LogP contribution in [0.1, 0.15) is 27.0 Å². The topological polar surface area (TPSA) is 73.2 Å². The molecule has 132 valence electrons. The molecule has 0 heterocycles. The number of nitriles is 1. The van der Waals surface area contributed by atoms with Crippen molar-refractivity contribution in [1.82, 2.24) is 10.2 Å². The van der Waals surface area contributed by atoms with Gasteiger partial charge in [-0.05, 0) is 36.2 Å². The maximum absolute atomic E-state index is 12.5. The van der Waals surface area contributed by atoms with Gasteiger partial charge >= 0.3 is 0 Å². The van der Waals surface area contributed by atoms with Crippen LogP contribution < -0.4 is 5.32 Å². The van der Waals surface area contributed by atoms with Crippen molar-refractivity contribution in [2.45, 2.75) is 13.5 Å². The Labute approximate surface area is 153 Å². The number of nitrogens with zero attached hydrogens (tertiary/aromatic N) is 2. The third-order valence-corrected chi connectivity index (χ3v) is 3.95. The first-order valence-corrected chi connectivity index (χ1v) is 8.26. The highest BCUT2D eigenvalue weighted by atomic mass is 16.2. The number of hydrogen-bond acceptors (Lipinski definition) is 3. The van der Waals surface area contributed by atoms with Crippen molar-refractivity contribution in [3.8, 4) is 6.07 Å². The van der Waals surface area contributed by atoms with Crippen LogP contribution in [0.4, 0.5) is 0 Å². The molecule has 0 radical (unpaired) electrons. The van der Waals surface area contributed by atoms with Crippen LogP contribution in [0.3, 0.4) is 0 Å². The second-order valence-corrected chi connectivity index (χ2v) is 5.87. The monoisotopic (exact) mass is 347 g/mol. The molecule has 0 aliphatic carbocycles. The minimum absolute atomic E-state index is 0.0860. The van der Waals surface area contributed by atoms with E-state index >= 15 is 0 Å². The molecule has 26 heavy (non-hydrogen) atoms. The third kappa shape index (κ3) is 5.05. The van der Waals surface area contributed by atoms with Gasteiger partial charge in [-0.15, -0.1) is 6.58 Å². The lowest BCUT2D eigenvalue weighted by Crippen LogP contribution is -2.40. The summed E-state index contributed by atoms with van der Waals surface area (Å²) in [5.74, 6) is -0.468. The number of carbonyl (C=O) groups is 2. The molecule has 5 heteroatoms. The summed E-state index contributed by atoms with van der Waals surface area (Å²) in [5, 5.41) is 11.5. The minimum atomic E-state index is -0.270. The zero-order chi connectivity index (χ0) is 18.9. The van der Waals surface area contributed by atoms with Gasteiger partial charge in [-0.1, -0.05) is 36.4 Å². The molecule has 2 aromatic carbocycles. The van der Waals surface area contributed by atoms with Gasteiger partial charge in [0.1, 0.15) is 0 Å². The van der Waals surface area contributed by atoms with Gasteiger partial charge < -0.3 is 10.2 Å². The summed E-state index contributed by atoms with van der Waals surface area (Å²) in [6.07, 6.45) is 1.64. The molecule has 2 aromatic rings. The lowest BCUT2D eigenvalue weighted by Gasteiger charge is -2.21. The molecule has 0 bridgehead atoms. The average molecular weight is 347 g/mol. The third-order valence-electron chi connectivity index (χ3n) is 3.95. The van der Waals surface area contributed by atoms with Crippen molar-refractivity contribution in [2.24, 2.45) is 0 Å². The second kappa shape index (κ2) is 9.19. The second-order valence-electron chi connectivity index (χ2n) is 5.87. The number of aryl methyl sites for hydroxylation is 1. The molecule has 0 atom stereocenters. The number of amides is 2. The minimum Gasteiger partial charge on any atom is -0.343 e. The molecule has 0 aliphatic rings. The average Bonchev–Trinajstić information content (AvgIpc) is 2.66. The van der Waals surface area contributed by atoms with Crippen LogP contribution in [0.25, 0.3) is 0 Å². The van der Waals surface area contributed by atoms with E-state index < -0.39 is 0 Å². The molecule has 5 nitrogen and oxygen atoms in total. The highest BCUT2D eigenvalue weighted by Gasteiger charge is 2.15. The number of carbonyl (C=O) groups excluding carboxylic acids is 2. The lowest BCUT2D eigenvalue weighted by atomic mass is 10.1. The van der Waals surface area contributed by atoms with Crippen LogP contribution in [0.2, 0.25) is 0 Å². The normalized spacial score (nSPS) is 9.85. The van der Waals surface area contributed by atoms with Crippen molar-refractivity contribution in [3.63, 3.8) is 0 Å². The molecule has 0 aromatic heterocycles. The molecule has 0 saturated heterocycles. The number of rotatable bonds is 7. The van der Waals surface area contributed by atoms with Crippen LogP contribution >= 0.6 is 0 Å². The van der Waals surface area contributed by atoms with Crippen molar-refractivity contribution in [3.05, 3.63) is 83.4 Å². The Morgan fingerprint density at radius 3 is 2.50 bits per heavy atom. The van der Waals surface area contributed by atoms with Crippen LogP contribution in [0.15, 0.2) is 61.2 Å². The number of hydrogen-bond donors (Lipinski definition) is 1. The predicted octanol–water partition coefficient (Wildman–Crippen LogP) is 2.81. The van der Waals surface area contributed by atoms with E-state index in [1.807, 2.05) is 31.2 Å². The zero-order valence-electron chi connectivity index (χ0n) is 14.7. The van der Waals surface area contributed by atoms with Gasteiger partial charge in [0, 0.05) is 18.7 Å². The Bertz CT molecular complexity index is 835. The predicted molar refractivity (Wildman–Crippen MR) is 100 cm³/mol. The summed E-state index contributed by atoms with van der Waals surface area (Å²) in [6, 6.07) is 16.4. The molecule has 0 aliphatic heterocycles. The highest BCUT2D eigenvalue weighted by Crippen LogP contribution is 2.09. The van der Waals surface area contributed by atoms with Gasteiger partial charge in [0.15, 0.2) is 0 Å². The summed E-state index contributed by atoms with van der Waals surface area (Å²) < 4.78 is 0. The van der Waals surface area contributed by atoms with Gasteiger partial charge in [-0.2, -0.15) is 5.26 Å². The van der Waals surface area contributed by atoms with Gasteiger partial charge in [-0.3, -0.25) is 9.59 Å². The van der Waals surface area contributed by atoms with E-state index in [-0.39, 0.29) is 18.4 Å². The smallest absolute Gasteiger partial charge is 0.251 e. The van der Waals surface area contributed by atoms with Gasteiger partial charge in [0.25, 0.3) is 5.91 Å². The van der Waals surface area contributed by atoms with Crippen molar-refractivity contribution in [1.29, 1.82) is 5.26 Å². The molecular weight excluding hydrogens is 326 g/mol. The Morgan fingerprint density at radius 1 is 1.19 bits per heavy atom. The van der Waals surface area contributed by atoms with Crippen LogP contribution in [-0.2, 0) is 11.3 Å². The van der Waals surface area contributed by atoms with Gasteiger partial charge in [-0.25, -0.2) is 0 Å². The quantitative estimate of drug-likeness (QED) is 0.783. The van der Waals surface area contributed by atoms with Crippen molar-refractivity contribution >= 4 is 11.8 Å². The van der Waals surface area contributed by atoms with Crippen molar-refractivity contribution in [2.75, 3.05) is 13.1 Å². The fourth-order valence-corrected chi connectivity index (χ4v) is 2.51. The Balaban J connectivity index is 1.99. The lowest BCUT2D eigenvalue weighted by molar-refractivity contribution is -0.130. The Kier molecular flexibility index (Phi) is 6.69. The zero-order valence-corrected chi connectivity index (χ0v) is 14.7. The van der Waals surface area contributed by atoms with Crippen molar-refractivity contribution < 1.29 is 9.59 Å². The standard InChI is InChI=1S/C21H21N3O2/c1-3-12-24(15-18-10-8-17(13-22)9-11-18)20(25)14-23-21(26)19-7-5-4-6-16(19)2/h3-11H,1,12,14-15H2,2H3,(H,23,26). The summed E-state index contributed by atoms with van der Waals surface area (Å²) in [6.45, 7) is 6.21. The SMILES string of the molecule is C=CCN(Cc1ccc(C#N)cc1)C(=O)CNC(=O)c1ccccc1C. The highest BCUT2D eigenvalue weighted by molar-refractivity contribution is 5.97. The Morgan fingerprint density at radius 2 is 1.88 bits per heavy atom. The molecule has 0 saturated carbocycles. The van der Waals surface area contributed by atoms with E-state index in [4.69, 9.17) is 5.26 Å². The first-order valence-electron chi connectivity index (χ1n) is 8.26. The molecule has 0 fully saturated rings. The van der Waals surface area contributed by atoms with E-state index in [1.165, 1.54) is 0 Å². The van der Waals surface area contributed by atoms with Gasteiger partial charge in [0.05, 0.1) is 18.2 Å². The molecule has 1 N–H and O–H groups in total. The van der Waals surface area contributed by atoms with E-state index in [0.717, 1.165) is 11.1 Å². The molecular formula is C21H21N3O2. The summed E-state index contributed by atoms with van der Waals surface area (Å²) in [5.41, 5.74) is 2.89. The number of benzene rings is 2. The Hall–Kier alpha value is -3.39. The van der Waals surface area contributed by atoms with Gasteiger partial charge in [0.2, 0.25) is 5.91 Å². The van der Waals surface area contributed by atoms with E-state index in [1.54, 1.807) is 35.2 Å². The van der Waals surface area contributed by atoms with Crippen LogP contribution in [0.5, 0.6) is 0 Å². The van der Waals surface area contributed by atoms with E-state index in [2.05, 4.69) is 18.0 Å². The molecule has 0 spiro atoms. The molecule has 2 amide bonds. The molecule has 0 unspecified atom stereocenters. The first-order chi connectivity index (χ1) is 12.5. The van der Waals surface area contributed by atoms with E-state index in [9.17, 15) is 9.59 Å². The fourth-order valence-electron chi connectivity index (χ4n) is 2.51. The summed E-state index contributed by atoms with van der Waals surface area (Å²) in [7, 11) is 0. The summed E-state index contributed by atoms with van der Waals surface area (Å²) >= 11 is 0. The first kappa shape index (κ1) is 18.9. The number of nitrogens with one attached hydrogen (secondary N) is 1. The van der Waals surface area contributed by atoms with Crippen LogP contribution in [0, 0.1) is 18.3 Å². The molecule has 2 rings (SSSR count). The maximum Gasteiger partial charge on any atom is 0.251 e. The van der Waals surface area contributed by atoms with E-state index in [0.29, 0.717) is 24.2 Å². The largest absolute Gasteiger partial charge is 0.343 e. The summed E-state index contributed by atoms with van der Waals surface area (Å²) in [4.78, 5) is 26.3.